The summed E-state index contributed by atoms with van der Waals surface area (Å²) >= 11 is 0.0849. The first-order valence-electron chi connectivity index (χ1n) is 3.82. The van der Waals surface area contributed by atoms with Crippen molar-refractivity contribution in [3.63, 3.8) is 0 Å². The first kappa shape index (κ1) is 14.2. The van der Waals surface area contributed by atoms with Gasteiger partial charge in [-0.1, -0.05) is 32.0 Å². The van der Waals surface area contributed by atoms with Gasteiger partial charge < -0.3 is 0 Å². The van der Waals surface area contributed by atoms with Gasteiger partial charge in [0.1, 0.15) is 0 Å². The van der Waals surface area contributed by atoms with Crippen molar-refractivity contribution in [2.75, 3.05) is 0 Å². The minimum Gasteiger partial charge on any atom is -0.234 e. The summed E-state index contributed by atoms with van der Waals surface area (Å²) in [6.07, 6.45) is 0. The van der Waals surface area contributed by atoms with E-state index in [4.69, 9.17) is 20.1 Å². The molecule has 60 valence electrons. The Morgan fingerprint density at radius 3 is 1.70 bits per heavy atom. The molecule has 0 spiro atoms. The summed E-state index contributed by atoms with van der Waals surface area (Å²) in [5.74, 6) is 0.673. The molecule has 0 atom stereocenters. The molecule has 0 radical (unpaired) electrons. The Balaban J connectivity index is 0. The van der Waals surface area contributed by atoms with Crippen LogP contribution >= 0.6 is 20.1 Å². The van der Waals surface area contributed by atoms with Crippen molar-refractivity contribution in [1.29, 1.82) is 0 Å². The summed E-state index contributed by atoms with van der Waals surface area (Å²) in [5, 5.41) is 2.42. The lowest BCUT2D eigenvalue weighted by Crippen LogP contribution is -1.97. The van der Waals surface area contributed by atoms with Crippen LogP contribution in [0.3, 0.4) is 0 Å². The zero-order valence-electron chi connectivity index (χ0n) is 7.32. The molecule has 0 bridgehead atoms. The molecule has 4 heteroatoms. The molecule has 0 saturated heterocycles. The maximum atomic E-state index is 5.58. The van der Waals surface area contributed by atoms with E-state index in [-0.39, 0.29) is 0 Å². The SMILES string of the molecule is CC(C)[CH2][Al]([Cl])[Cl].C[CH2][AlH2]. The molecule has 0 aromatic rings. The molecule has 0 aliphatic carbocycles. The van der Waals surface area contributed by atoms with Crippen molar-refractivity contribution in [3.05, 3.63) is 0 Å². The largest absolute Gasteiger partial charge is 0.519 e. The number of rotatable bonds is 2. The van der Waals surface area contributed by atoms with Gasteiger partial charge in [0, 0.05) is 0 Å². The fourth-order valence-electron chi connectivity index (χ4n) is 0.356. The second-order valence-electron chi connectivity index (χ2n) is 2.73. The maximum absolute atomic E-state index is 5.58. The number of halogens is 2. The van der Waals surface area contributed by atoms with E-state index >= 15 is 0 Å². The van der Waals surface area contributed by atoms with E-state index in [1.807, 2.05) is 0 Å². The van der Waals surface area contributed by atoms with E-state index in [1.165, 1.54) is 21.6 Å². The van der Waals surface area contributed by atoms with Crippen molar-refractivity contribution in [3.8, 4) is 0 Å². The minimum absolute atomic E-state index is 0.673. The number of hydrogen-bond donors (Lipinski definition) is 0. The zero-order valence-corrected chi connectivity index (χ0v) is 12.0. The molecule has 0 aromatic heterocycles. The standard InChI is InChI=1S/C4H9.C2H5.2Al.2ClH.2H/c1-4(2)3;1-2;;;;;;/h4H,1H2,2-3H3;1H2,2H3;;;2*1H;;/q;;;+2;;;;/p-2. The Bertz CT molecular complexity index is 51.7. The third kappa shape index (κ3) is 22.6. The Hall–Kier alpha value is 1.64. The van der Waals surface area contributed by atoms with Crippen LogP contribution in [0, 0.1) is 5.92 Å². The van der Waals surface area contributed by atoms with Crippen LogP contribution in [0.2, 0.25) is 10.6 Å². The van der Waals surface area contributed by atoms with E-state index in [0.29, 0.717) is 5.92 Å². The van der Waals surface area contributed by atoms with Crippen LogP contribution in [0.5, 0.6) is 0 Å². The predicted octanol–water partition coefficient (Wildman–Crippen LogP) is 2.67. The van der Waals surface area contributed by atoms with Crippen LogP contribution in [-0.2, 0) is 0 Å². The first-order chi connectivity index (χ1) is 4.54. The van der Waals surface area contributed by atoms with Gasteiger partial charge in [-0.25, -0.2) is 20.1 Å². The predicted molar refractivity (Wildman–Crippen MR) is 56.1 cm³/mol. The summed E-state index contributed by atoms with van der Waals surface area (Å²) in [7, 11) is 11.2. The quantitative estimate of drug-likeness (QED) is 0.618. The lowest BCUT2D eigenvalue weighted by molar-refractivity contribution is 0.732. The van der Waals surface area contributed by atoms with Crippen LogP contribution in [-0.4, -0.2) is 28.6 Å². The van der Waals surface area contributed by atoms with Crippen molar-refractivity contribution in [2.24, 2.45) is 5.92 Å². The summed E-state index contributed by atoms with van der Waals surface area (Å²) in [6, 6.07) is 0. The van der Waals surface area contributed by atoms with E-state index in [1.54, 1.807) is 0 Å². The summed E-state index contributed by atoms with van der Waals surface area (Å²) < 4.78 is 0. The fourth-order valence-corrected chi connectivity index (χ4v) is 3.21. The van der Waals surface area contributed by atoms with Gasteiger partial charge in [-0.05, 0) is 0 Å². The molecule has 0 aliphatic rings. The van der Waals surface area contributed by atoms with Gasteiger partial charge in [-0.15, -0.1) is 5.28 Å². The topological polar surface area (TPSA) is 0 Å². The Labute approximate surface area is 85.5 Å². The van der Waals surface area contributed by atoms with Gasteiger partial charge in [0.15, 0.2) is 0 Å². The molecule has 0 unspecified atom stereocenters. The zero-order chi connectivity index (χ0) is 8.57. The van der Waals surface area contributed by atoms with Crippen LogP contribution in [0.25, 0.3) is 0 Å². The second kappa shape index (κ2) is 10.6. The lowest BCUT2D eigenvalue weighted by Gasteiger charge is -1.97. The molecule has 10 heavy (non-hydrogen) atoms. The highest BCUT2D eigenvalue weighted by atomic mass is 35.7. The average Bonchev–Trinajstić information content (AvgIpc) is 1.62. The van der Waals surface area contributed by atoms with Crippen molar-refractivity contribution in [2.45, 2.75) is 31.3 Å². The summed E-state index contributed by atoms with van der Waals surface area (Å²) in [4.78, 5) is 0. The highest BCUT2D eigenvalue weighted by molar-refractivity contribution is 7.33. The van der Waals surface area contributed by atoms with Crippen molar-refractivity contribution >= 4 is 48.7 Å². The van der Waals surface area contributed by atoms with Crippen LogP contribution in [0.15, 0.2) is 0 Å². The van der Waals surface area contributed by atoms with Gasteiger partial charge in [0.25, 0.3) is 0 Å². The monoisotopic (exact) mass is 212 g/mol. The third-order valence-corrected chi connectivity index (χ3v) is 3.02. The van der Waals surface area contributed by atoms with Gasteiger partial charge in [0.2, 0.25) is 16.3 Å². The Morgan fingerprint density at radius 2 is 1.70 bits per heavy atom. The van der Waals surface area contributed by atoms with Gasteiger partial charge in [0.05, 0.1) is 0 Å². The smallest absolute Gasteiger partial charge is 0.234 e. The van der Waals surface area contributed by atoms with Crippen LogP contribution in [0.4, 0.5) is 0 Å². The van der Waals surface area contributed by atoms with Gasteiger partial charge in [-0.3, -0.25) is 0 Å². The van der Waals surface area contributed by atoms with E-state index in [9.17, 15) is 0 Å². The Kier molecular flexibility index (Phi) is 15.1. The molecule has 0 heterocycles. The van der Waals surface area contributed by atoms with Gasteiger partial charge >= 0.3 is 12.3 Å². The molecule has 0 nitrogen and oxygen atoms in total. The van der Waals surface area contributed by atoms with E-state index < -0.39 is 12.3 Å². The van der Waals surface area contributed by atoms with Gasteiger partial charge in [-0.2, -0.15) is 0 Å². The summed E-state index contributed by atoms with van der Waals surface area (Å²) in [6.45, 7) is 6.45. The second-order valence-corrected chi connectivity index (χ2v) is 9.23. The summed E-state index contributed by atoms with van der Waals surface area (Å²) in [5.41, 5.74) is 0. The first-order valence-corrected chi connectivity index (χ1v) is 9.54. The highest BCUT2D eigenvalue weighted by Crippen LogP contribution is 2.10. The third-order valence-electron chi connectivity index (χ3n) is 0.650. The van der Waals surface area contributed by atoms with Crippen LogP contribution < -0.4 is 0 Å². The highest BCUT2D eigenvalue weighted by Gasteiger charge is 2.11. The Morgan fingerprint density at radius 1 is 1.40 bits per heavy atom. The fraction of sp³-hybridized carbons (Fsp3) is 1.00. The van der Waals surface area contributed by atoms with E-state index in [2.05, 4.69) is 20.8 Å². The molecule has 0 aliphatic heterocycles. The van der Waals surface area contributed by atoms with E-state index in [0.717, 1.165) is 5.28 Å². The molecule has 0 amide bonds. The lowest BCUT2D eigenvalue weighted by atomic mass is 10.3. The van der Waals surface area contributed by atoms with Crippen molar-refractivity contribution in [1.82, 2.24) is 0 Å². The average molecular weight is 213 g/mol. The molecule has 0 aromatic carbocycles. The molecule has 0 N–H and O–H groups in total. The minimum atomic E-state index is -1.28. The molecule has 0 rings (SSSR count). The van der Waals surface area contributed by atoms with Crippen molar-refractivity contribution < 1.29 is 0 Å². The molecule has 0 saturated carbocycles. The van der Waals surface area contributed by atoms with Crippen LogP contribution in [0.1, 0.15) is 20.8 Å². The molecular formula is C6H16Al2Cl2. The molecule has 0 fully saturated rings. The normalized spacial score (nSPS) is 8.60. The molecular weight excluding hydrogens is 197 g/mol. The maximum Gasteiger partial charge on any atom is 0.519 e. The number of hydrogen-bond acceptors (Lipinski definition) is 0.